The molecule has 5 heteroatoms. The van der Waals surface area contributed by atoms with Crippen LogP contribution in [0.4, 0.5) is 10.5 Å². The second-order valence-corrected chi connectivity index (χ2v) is 8.16. The van der Waals surface area contributed by atoms with Crippen molar-refractivity contribution in [2.45, 2.75) is 44.9 Å². The summed E-state index contributed by atoms with van der Waals surface area (Å²) in [7, 11) is 0. The summed E-state index contributed by atoms with van der Waals surface area (Å²) in [5, 5.41) is 3.13. The molecule has 4 rings (SSSR count). The number of benzene rings is 2. The van der Waals surface area contributed by atoms with E-state index in [1.165, 1.54) is 5.56 Å². The minimum absolute atomic E-state index is 0.0371. The number of hydrogen-bond acceptors (Lipinski definition) is 2. The van der Waals surface area contributed by atoms with Gasteiger partial charge < -0.3 is 10.1 Å². The lowest BCUT2D eigenvalue weighted by atomic mass is 9.90. The van der Waals surface area contributed by atoms with E-state index in [0.29, 0.717) is 12.3 Å². The molecule has 2 aromatic carbocycles. The number of carbonyl (C=O) groups is 1. The average Bonchev–Trinajstić information content (AvgIpc) is 2.55. The van der Waals surface area contributed by atoms with E-state index in [2.05, 4.69) is 47.2 Å². The first-order valence-corrected chi connectivity index (χ1v) is 9.36. The lowest BCUT2D eigenvalue weighted by Gasteiger charge is -2.50. The van der Waals surface area contributed by atoms with Crippen molar-refractivity contribution < 1.29 is 9.53 Å². The molecule has 2 aliphatic heterocycles. The van der Waals surface area contributed by atoms with Crippen LogP contribution < -0.4 is 15.0 Å². The van der Waals surface area contributed by atoms with Crippen molar-refractivity contribution in [3.63, 3.8) is 0 Å². The third-order valence-electron chi connectivity index (χ3n) is 5.05. The SMILES string of the molecule is CC(C)c1ccc(N2C(=O)N[C@H]3C[C@]2(C)Oc2ccc(Br)cc23)cc1. The van der Waals surface area contributed by atoms with Gasteiger partial charge in [0.1, 0.15) is 5.75 Å². The number of amides is 2. The Hall–Kier alpha value is -2.01. The summed E-state index contributed by atoms with van der Waals surface area (Å²) in [6.45, 7) is 6.31. The molecule has 2 bridgehead atoms. The van der Waals surface area contributed by atoms with E-state index >= 15 is 0 Å². The topological polar surface area (TPSA) is 41.6 Å². The van der Waals surface area contributed by atoms with E-state index < -0.39 is 5.72 Å². The van der Waals surface area contributed by atoms with Crippen LogP contribution in [-0.2, 0) is 0 Å². The maximum Gasteiger partial charge on any atom is 0.325 e. The van der Waals surface area contributed by atoms with Crippen molar-refractivity contribution in [2.24, 2.45) is 0 Å². The molecule has 2 atom stereocenters. The van der Waals surface area contributed by atoms with Crippen molar-refractivity contribution in [1.29, 1.82) is 0 Å². The zero-order valence-electron chi connectivity index (χ0n) is 14.5. The standard InChI is InChI=1S/C20H21BrN2O2/c1-12(2)13-4-7-15(8-5-13)23-19(24)22-17-11-20(23,3)25-18-9-6-14(21)10-16(17)18/h4-10,12,17H,11H2,1-3H3,(H,22,24)/t17-,20-/m0/s1. The van der Waals surface area contributed by atoms with Crippen molar-refractivity contribution >= 4 is 27.6 Å². The smallest absolute Gasteiger partial charge is 0.325 e. The monoisotopic (exact) mass is 400 g/mol. The molecule has 130 valence electrons. The Morgan fingerprint density at radius 2 is 1.96 bits per heavy atom. The molecule has 1 saturated heterocycles. The Kier molecular flexibility index (Phi) is 3.80. The molecule has 0 saturated carbocycles. The van der Waals surface area contributed by atoms with Crippen molar-refractivity contribution in [2.75, 3.05) is 4.90 Å². The second kappa shape index (κ2) is 5.77. The summed E-state index contributed by atoms with van der Waals surface area (Å²) in [6.07, 6.45) is 0.703. The number of ether oxygens (including phenoxy) is 1. The summed E-state index contributed by atoms with van der Waals surface area (Å²) in [5.41, 5.74) is 2.43. The van der Waals surface area contributed by atoms with Crippen LogP contribution in [0.1, 0.15) is 50.3 Å². The molecule has 2 heterocycles. The highest BCUT2D eigenvalue weighted by Crippen LogP contribution is 2.46. The Bertz CT molecular complexity index is 834. The van der Waals surface area contributed by atoms with Crippen LogP contribution in [-0.4, -0.2) is 11.8 Å². The number of nitrogens with zero attached hydrogens (tertiary/aromatic N) is 1. The van der Waals surface area contributed by atoms with E-state index in [4.69, 9.17) is 4.74 Å². The number of rotatable bonds is 2. The summed E-state index contributed by atoms with van der Waals surface area (Å²) >= 11 is 3.50. The van der Waals surface area contributed by atoms with E-state index in [1.807, 2.05) is 37.3 Å². The Balaban J connectivity index is 1.73. The van der Waals surface area contributed by atoms with Crippen LogP contribution in [0.15, 0.2) is 46.9 Å². The summed E-state index contributed by atoms with van der Waals surface area (Å²) in [6, 6.07) is 13.9. The third kappa shape index (κ3) is 2.71. The minimum Gasteiger partial charge on any atom is -0.467 e. The first-order chi connectivity index (χ1) is 11.9. The first-order valence-electron chi connectivity index (χ1n) is 8.56. The predicted octanol–water partition coefficient (Wildman–Crippen LogP) is 5.34. The molecular formula is C20H21BrN2O2. The predicted molar refractivity (Wildman–Crippen MR) is 102 cm³/mol. The fourth-order valence-electron chi connectivity index (χ4n) is 3.74. The molecular weight excluding hydrogens is 380 g/mol. The summed E-state index contributed by atoms with van der Waals surface area (Å²) in [4.78, 5) is 14.6. The van der Waals surface area contributed by atoms with Gasteiger partial charge in [-0.1, -0.05) is 41.9 Å². The fraction of sp³-hybridized carbons (Fsp3) is 0.350. The van der Waals surface area contributed by atoms with E-state index in [9.17, 15) is 4.79 Å². The van der Waals surface area contributed by atoms with Crippen molar-refractivity contribution in [1.82, 2.24) is 5.32 Å². The normalized spacial score (nSPS) is 24.6. The second-order valence-electron chi connectivity index (χ2n) is 7.25. The van der Waals surface area contributed by atoms with Crippen LogP contribution in [0.3, 0.4) is 0 Å². The molecule has 2 aromatic rings. The van der Waals surface area contributed by atoms with Crippen LogP contribution >= 0.6 is 15.9 Å². The van der Waals surface area contributed by atoms with Gasteiger partial charge in [-0.25, -0.2) is 4.79 Å². The largest absolute Gasteiger partial charge is 0.467 e. The van der Waals surface area contributed by atoms with Crippen LogP contribution in [0, 0.1) is 0 Å². The number of nitrogens with one attached hydrogen (secondary N) is 1. The quantitative estimate of drug-likeness (QED) is 0.738. The van der Waals surface area contributed by atoms with Gasteiger partial charge in [-0.15, -0.1) is 0 Å². The van der Waals surface area contributed by atoms with E-state index in [1.54, 1.807) is 4.90 Å². The Morgan fingerprint density at radius 3 is 2.64 bits per heavy atom. The highest BCUT2D eigenvalue weighted by molar-refractivity contribution is 9.10. The molecule has 0 aliphatic carbocycles. The maximum atomic E-state index is 12.9. The van der Waals surface area contributed by atoms with Gasteiger partial charge in [0.05, 0.1) is 6.04 Å². The van der Waals surface area contributed by atoms with Gasteiger partial charge >= 0.3 is 6.03 Å². The highest BCUT2D eigenvalue weighted by atomic mass is 79.9. The lowest BCUT2D eigenvalue weighted by molar-refractivity contribution is 0.0378. The van der Waals surface area contributed by atoms with Crippen LogP contribution in [0.5, 0.6) is 5.75 Å². The van der Waals surface area contributed by atoms with Crippen molar-refractivity contribution in [3.8, 4) is 5.75 Å². The average molecular weight is 401 g/mol. The number of hydrogen-bond donors (Lipinski definition) is 1. The van der Waals surface area contributed by atoms with Gasteiger partial charge in [0, 0.05) is 22.1 Å². The number of urea groups is 1. The molecule has 25 heavy (non-hydrogen) atoms. The maximum absolute atomic E-state index is 12.9. The highest BCUT2D eigenvalue weighted by Gasteiger charge is 2.49. The van der Waals surface area contributed by atoms with Gasteiger partial charge in [0.25, 0.3) is 0 Å². The van der Waals surface area contributed by atoms with Crippen molar-refractivity contribution in [3.05, 3.63) is 58.1 Å². The third-order valence-corrected chi connectivity index (χ3v) is 5.54. The van der Waals surface area contributed by atoms with E-state index in [-0.39, 0.29) is 12.1 Å². The van der Waals surface area contributed by atoms with Crippen LogP contribution in [0.25, 0.3) is 0 Å². The number of carbonyl (C=O) groups excluding carboxylic acids is 1. The molecule has 4 nitrogen and oxygen atoms in total. The first kappa shape index (κ1) is 16.5. The molecule has 1 fully saturated rings. The molecule has 0 radical (unpaired) electrons. The molecule has 0 unspecified atom stereocenters. The molecule has 2 amide bonds. The zero-order valence-corrected chi connectivity index (χ0v) is 16.1. The Morgan fingerprint density at radius 1 is 1.24 bits per heavy atom. The summed E-state index contributed by atoms with van der Waals surface area (Å²) < 4.78 is 7.29. The van der Waals surface area contributed by atoms with Gasteiger partial charge in [0.2, 0.25) is 0 Å². The van der Waals surface area contributed by atoms with Gasteiger partial charge in [-0.2, -0.15) is 0 Å². The summed E-state index contributed by atoms with van der Waals surface area (Å²) in [5.74, 6) is 1.28. The number of halogens is 1. The zero-order chi connectivity index (χ0) is 17.8. The molecule has 2 aliphatic rings. The molecule has 0 aromatic heterocycles. The Labute approximate surface area is 156 Å². The molecule has 1 N–H and O–H groups in total. The number of fused-ring (bicyclic) bond motifs is 4. The van der Waals surface area contributed by atoms with Gasteiger partial charge in [-0.3, -0.25) is 4.90 Å². The lowest BCUT2D eigenvalue weighted by Crippen LogP contribution is -2.65. The minimum atomic E-state index is -0.701. The fourth-order valence-corrected chi connectivity index (χ4v) is 4.12. The van der Waals surface area contributed by atoms with E-state index in [0.717, 1.165) is 21.5 Å². The number of anilines is 1. The van der Waals surface area contributed by atoms with Gasteiger partial charge in [0.15, 0.2) is 5.72 Å². The van der Waals surface area contributed by atoms with Crippen LogP contribution in [0.2, 0.25) is 0 Å². The van der Waals surface area contributed by atoms with Gasteiger partial charge in [-0.05, 0) is 48.7 Å². The molecule has 0 spiro atoms.